The fraction of sp³-hybridized carbons (Fsp3) is 0.455. The van der Waals surface area contributed by atoms with Crippen LogP contribution in [0, 0.1) is 0 Å². The van der Waals surface area contributed by atoms with Crippen LogP contribution in [-0.2, 0) is 6.18 Å². The first-order valence-electron chi connectivity index (χ1n) is 10.3. The SMILES string of the molecule is CN1CCC[C@@H](n2ccc3c(C4CC4)c(-c4ccc(C(F)(F)F)cc4O)nnc32)C1. The van der Waals surface area contributed by atoms with Crippen molar-refractivity contribution in [2.24, 2.45) is 0 Å². The molecule has 0 unspecified atom stereocenters. The van der Waals surface area contributed by atoms with Crippen molar-refractivity contribution >= 4 is 11.0 Å². The van der Waals surface area contributed by atoms with Crippen molar-refractivity contribution < 1.29 is 18.3 Å². The minimum Gasteiger partial charge on any atom is -0.507 e. The van der Waals surface area contributed by atoms with Gasteiger partial charge in [-0.3, -0.25) is 0 Å². The Bertz CT molecular complexity index is 1100. The second-order valence-corrected chi connectivity index (χ2v) is 8.48. The van der Waals surface area contributed by atoms with Gasteiger partial charge in [0, 0.05) is 29.7 Å². The highest BCUT2D eigenvalue weighted by molar-refractivity contribution is 5.88. The highest BCUT2D eigenvalue weighted by atomic mass is 19.4. The predicted octanol–water partition coefficient (Wildman–Crippen LogP) is 4.97. The molecule has 30 heavy (non-hydrogen) atoms. The van der Waals surface area contributed by atoms with Gasteiger partial charge in [-0.05, 0) is 75.0 Å². The van der Waals surface area contributed by atoms with E-state index in [9.17, 15) is 18.3 Å². The molecule has 2 fully saturated rings. The van der Waals surface area contributed by atoms with Crippen LogP contribution in [0.15, 0.2) is 30.5 Å². The van der Waals surface area contributed by atoms with Crippen LogP contribution >= 0.6 is 0 Å². The highest BCUT2D eigenvalue weighted by Gasteiger charge is 2.34. The number of fused-ring (bicyclic) bond motifs is 1. The number of aromatic hydroxyl groups is 1. The Labute approximate surface area is 172 Å². The molecule has 8 heteroatoms. The summed E-state index contributed by atoms with van der Waals surface area (Å²) < 4.78 is 41.1. The fourth-order valence-corrected chi connectivity index (χ4v) is 4.59. The maximum Gasteiger partial charge on any atom is 0.416 e. The molecule has 5 rings (SSSR count). The van der Waals surface area contributed by atoms with Crippen LogP contribution in [0.5, 0.6) is 5.75 Å². The van der Waals surface area contributed by atoms with Crippen molar-refractivity contribution in [2.75, 3.05) is 20.1 Å². The predicted molar refractivity (Wildman–Crippen MR) is 107 cm³/mol. The van der Waals surface area contributed by atoms with E-state index >= 15 is 0 Å². The summed E-state index contributed by atoms with van der Waals surface area (Å²) >= 11 is 0. The van der Waals surface area contributed by atoms with E-state index in [-0.39, 0.29) is 0 Å². The molecule has 1 saturated heterocycles. The van der Waals surface area contributed by atoms with Gasteiger partial charge in [-0.15, -0.1) is 10.2 Å². The first-order chi connectivity index (χ1) is 14.3. The number of aromatic nitrogens is 3. The molecule has 0 spiro atoms. The Morgan fingerprint density at radius 1 is 1.10 bits per heavy atom. The number of hydrogen-bond donors (Lipinski definition) is 1. The van der Waals surface area contributed by atoms with Crippen molar-refractivity contribution in [1.29, 1.82) is 0 Å². The molecule has 2 aromatic heterocycles. The Kier molecular flexibility index (Phi) is 4.50. The Morgan fingerprint density at radius 3 is 2.57 bits per heavy atom. The van der Waals surface area contributed by atoms with Crippen molar-refractivity contribution in [2.45, 2.75) is 43.8 Å². The maximum atomic E-state index is 13.0. The minimum atomic E-state index is -4.50. The van der Waals surface area contributed by atoms with Gasteiger partial charge < -0.3 is 14.6 Å². The molecule has 0 amide bonds. The van der Waals surface area contributed by atoms with Gasteiger partial charge in [0.15, 0.2) is 5.65 Å². The number of likely N-dealkylation sites (N-methyl/N-ethyl adjacent to an activating group) is 1. The second-order valence-electron chi connectivity index (χ2n) is 8.48. The first-order valence-corrected chi connectivity index (χ1v) is 10.3. The lowest BCUT2D eigenvalue weighted by atomic mass is 9.98. The summed E-state index contributed by atoms with van der Waals surface area (Å²) in [7, 11) is 2.12. The molecule has 5 nitrogen and oxygen atoms in total. The molecule has 1 aliphatic heterocycles. The van der Waals surface area contributed by atoms with Gasteiger partial charge in [0.2, 0.25) is 0 Å². The summed E-state index contributed by atoms with van der Waals surface area (Å²) in [4.78, 5) is 2.31. The third kappa shape index (κ3) is 3.33. The van der Waals surface area contributed by atoms with Gasteiger partial charge in [-0.2, -0.15) is 13.2 Å². The summed E-state index contributed by atoms with van der Waals surface area (Å²) in [5.74, 6) is -0.127. The molecule has 1 saturated carbocycles. The summed E-state index contributed by atoms with van der Waals surface area (Å²) in [6.07, 6.45) is 1.76. The zero-order chi connectivity index (χ0) is 21.0. The largest absolute Gasteiger partial charge is 0.507 e. The van der Waals surface area contributed by atoms with Gasteiger partial charge in [-0.25, -0.2) is 0 Å². The van der Waals surface area contributed by atoms with Gasteiger partial charge in [0.1, 0.15) is 11.4 Å². The monoisotopic (exact) mass is 416 g/mol. The van der Waals surface area contributed by atoms with Crippen LogP contribution in [0.4, 0.5) is 13.2 Å². The molecule has 1 atom stereocenters. The zero-order valence-corrected chi connectivity index (χ0v) is 16.7. The van der Waals surface area contributed by atoms with Crippen molar-refractivity contribution in [3.05, 3.63) is 41.6 Å². The number of rotatable bonds is 3. The van der Waals surface area contributed by atoms with Gasteiger partial charge in [-0.1, -0.05) is 0 Å². The fourth-order valence-electron chi connectivity index (χ4n) is 4.59. The molecule has 1 aromatic carbocycles. The molecule has 2 aliphatic rings. The van der Waals surface area contributed by atoms with E-state index in [0.29, 0.717) is 23.2 Å². The van der Waals surface area contributed by atoms with Crippen LogP contribution in [0.3, 0.4) is 0 Å². The average molecular weight is 416 g/mol. The van der Waals surface area contributed by atoms with Crippen LogP contribution in [0.1, 0.15) is 48.8 Å². The first kappa shape index (κ1) is 19.4. The molecular weight excluding hydrogens is 393 g/mol. The van der Waals surface area contributed by atoms with E-state index < -0.39 is 17.5 Å². The van der Waals surface area contributed by atoms with E-state index in [4.69, 9.17) is 0 Å². The second kappa shape index (κ2) is 6.97. The van der Waals surface area contributed by atoms with E-state index in [0.717, 1.165) is 67.5 Å². The number of phenolic OH excluding ortho intramolecular Hbond substituents is 1. The highest BCUT2D eigenvalue weighted by Crippen LogP contribution is 2.48. The lowest BCUT2D eigenvalue weighted by Gasteiger charge is -2.30. The third-order valence-corrected chi connectivity index (χ3v) is 6.24. The van der Waals surface area contributed by atoms with Crippen LogP contribution in [0.2, 0.25) is 0 Å². The van der Waals surface area contributed by atoms with E-state index in [1.165, 1.54) is 6.07 Å². The van der Waals surface area contributed by atoms with Crippen molar-refractivity contribution in [3.63, 3.8) is 0 Å². The van der Waals surface area contributed by atoms with E-state index in [1.54, 1.807) is 0 Å². The van der Waals surface area contributed by atoms with Gasteiger partial charge >= 0.3 is 6.18 Å². The smallest absolute Gasteiger partial charge is 0.416 e. The normalized spacial score (nSPS) is 20.7. The number of likely N-dealkylation sites (tertiary alicyclic amines) is 1. The number of halogens is 3. The number of alkyl halides is 3. The van der Waals surface area contributed by atoms with Crippen LogP contribution in [-0.4, -0.2) is 44.9 Å². The number of piperidine rings is 1. The maximum absolute atomic E-state index is 13.0. The summed E-state index contributed by atoms with van der Waals surface area (Å²) in [6, 6.07) is 5.42. The van der Waals surface area contributed by atoms with Crippen LogP contribution in [0.25, 0.3) is 22.3 Å². The van der Waals surface area contributed by atoms with E-state index in [1.807, 2.05) is 12.3 Å². The summed E-state index contributed by atoms with van der Waals surface area (Å²) in [5.41, 5.74) is 1.70. The van der Waals surface area contributed by atoms with Crippen molar-refractivity contribution in [1.82, 2.24) is 19.7 Å². The number of nitrogens with zero attached hydrogens (tertiary/aromatic N) is 4. The number of benzene rings is 1. The van der Waals surface area contributed by atoms with Crippen molar-refractivity contribution in [3.8, 4) is 17.0 Å². The molecule has 1 N–H and O–H groups in total. The molecule has 1 aliphatic carbocycles. The zero-order valence-electron chi connectivity index (χ0n) is 16.7. The summed E-state index contributed by atoms with van der Waals surface area (Å²) in [5, 5.41) is 20.2. The number of phenols is 1. The molecule has 158 valence electrons. The standard InChI is InChI=1S/C22H23F3N4O/c1-28-9-2-3-15(12-28)29-10-8-17-19(13-4-5-13)20(26-27-21(17)29)16-7-6-14(11-18(16)30)22(23,24)25/h6-8,10-11,13,15,30H,2-5,9,12H2,1H3/t15-/m1/s1. The average Bonchev–Trinajstić information content (AvgIpc) is 3.44. The minimum absolute atomic E-state index is 0.296. The summed E-state index contributed by atoms with van der Waals surface area (Å²) in [6.45, 7) is 2.04. The Hall–Kier alpha value is -2.61. The topological polar surface area (TPSA) is 54.2 Å². The molecule has 3 aromatic rings. The lowest BCUT2D eigenvalue weighted by Crippen LogP contribution is -2.33. The molecule has 0 bridgehead atoms. The Morgan fingerprint density at radius 2 is 1.90 bits per heavy atom. The van der Waals surface area contributed by atoms with Gasteiger partial charge in [0.25, 0.3) is 0 Å². The quantitative estimate of drug-likeness (QED) is 0.655. The van der Waals surface area contributed by atoms with E-state index in [2.05, 4.69) is 26.7 Å². The van der Waals surface area contributed by atoms with Crippen LogP contribution < -0.4 is 0 Å². The van der Waals surface area contributed by atoms with Gasteiger partial charge in [0.05, 0.1) is 5.56 Å². The number of hydrogen-bond acceptors (Lipinski definition) is 4. The Balaban J connectivity index is 1.61. The third-order valence-electron chi connectivity index (χ3n) is 6.24. The molecular formula is C22H23F3N4O. The molecule has 3 heterocycles. The molecule has 0 radical (unpaired) electrons. The lowest BCUT2D eigenvalue weighted by molar-refractivity contribution is -0.137.